The van der Waals surface area contributed by atoms with E-state index in [0.29, 0.717) is 16.0 Å². The van der Waals surface area contributed by atoms with Gasteiger partial charge in [-0.15, -0.1) is 11.3 Å². The summed E-state index contributed by atoms with van der Waals surface area (Å²) in [6.45, 7) is 3.68. The molecule has 3 aromatic rings. The van der Waals surface area contributed by atoms with Crippen molar-refractivity contribution < 1.29 is 27.5 Å². The number of fused-ring (bicyclic) bond motifs is 1. The Kier molecular flexibility index (Phi) is 7.76. The van der Waals surface area contributed by atoms with Crippen molar-refractivity contribution in [3.8, 4) is 10.4 Å². The number of rotatable bonds is 8. The summed E-state index contributed by atoms with van der Waals surface area (Å²) in [6.07, 6.45) is 2.76. The summed E-state index contributed by atoms with van der Waals surface area (Å²) in [5.41, 5.74) is 0.990. The van der Waals surface area contributed by atoms with Crippen LogP contribution in [0.2, 0.25) is 0 Å². The number of pyridine rings is 1. The van der Waals surface area contributed by atoms with E-state index in [1.54, 1.807) is 6.07 Å². The van der Waals surface area contributed by atoms with Crippen LogP contribution in [0.25, 0.3) is 10.4 Å². The van der Waals surface area contributed by atoms with Gasteiger partial charge in [0.05, 0.1) is 17.5 Å². The van der Waals surface area contributed by atoms with E-state index in [1.807, 2.05) is 50.2 Å². The van der Waals surface area contributed by atoms with Crippen molar-refractivity contribution in [2.75, 3.05) is 13.1 Å². The molecule has 0 aliphatic carbocycles. The van der Waals surface area contributed by atoms with E-state index in [2.05, 4.69) is 5.32 Å². The predicted molar refractivity (Wildman–Crippen MR) is 149 cm³/mol. The van der Waals surface area contributed by atoms with Gasteiger partial charge in [-0.3, -0.25) is 14.4 Å². The fraction of sp³-hybridized carbons (Fsp3) is 0.357. The molecule has 4 heterocycles. The van der Waals surface area contributed by atoms with E-state index in [9.17, 15) is 28.0 Å². The molecule has 3 unspecified atom stereocenters. The largest absolute Gasteiger partial charge is 0.619 e. The minimum atomic E-state index is -4.13. The third kappa shape index (κ3) is 5.38. The molecule has 10 nitrogen and oxygen atoms in total. The zero-order valence-electron chi connectivity index (χ0n) is 22.1. The SMILES string of the molecule is CC(C)CC(NC(=O)c1ccc(-c2ccccc2)s1)C(=O)N1CCC2C1C(=O)CN2S(=O)(=O)c1ccc[n+]([O-])c1. The highest BCUT2D eigenvalue weighted by atomic mass is 32.2. The fourth-order valence-electron chi connectivity index (χ4n) is 5.40. The van der Waals surface area contributed by atoms with Gasteiger partial charge in [-0.05, 0) is 42.5 Å². The van der Waals surface area contributed by atoms with Crippen LogP contribution in [-0.2, 0) is 19.6 Å². The highest BCUT2D eigenvalue weighted by molar-refractivity contribution is 7.89. The molecule has 1 aromatic carbocycles. The molecule has 3 atom stereocenters. The number of carbonyl (C=O) groups is 3. The van der Waals surface area contributed by atoms with Gasteiger partial charge in [-0.25, -0.2) is 8.42 Å². The lowest BCUT2D eigenvalue weighted by atomic mass is 10.0. The molecule has 2 amide bonds. The summed E-state index contributed by atoms with van der Waals surface area (Å²) >= 11 is 1.33. The van der Waals surface area contributed by atoms with Gasteiger partial charge in [0.25, 0.3) is 5.91 Å². The quantitative estimate of drug-likeness (QED) is 0.321. The van der Waals surface area contributed by atoms with Gasteiger partial charge in [0.15, 0.2) is 18.2 Å². The second-order valence-corrected chi connectivity index (χ2v) is 13.4. The van der Waals surface area contributed by atoms with Crippen molar-refractivity contribution in [3.63, 3.8) is 0 Å². The molecule has 2 aliphatic heterocycles. The van der Waals surface area contributed by atoms with E-state index in [4.69, 9.17) is 0 Å². The first-order valence-corrected chi connectivity index (χ1v) is 15.3. The number of sulfonamides is 1. The lowest BCUT2D eigenvalue weighted by Crippen LogP contribution is -2.52. The number of ketones is 1. The zero-order chi connectivity index (χ0) is 28.6. The maximum atomic E-state index is 13.8. The van der Waals surface area contributed by atoms with Crippen molar-refractivity contribution in [2.45, 2.75) is 49.7 Å². The average molecular weight is 583 g/mol. The molecule has 0 saturated carbocycles. The first-order valence-electron chi connectivity index (χ1n) is 13.1. The molecular formula is C28H30N4O6S2. The lowest BCUT2D eigenvalue weighted by molar-refractivity contribution is -0.607. The summed E-state index contributed by atoms with van der Waals surface area (Å²) in [6, 6.07) is 13.4. The molecule has 2 aliphatic rings. The van der Waals surface area contributed by atoms with Crippen molar-refractivity contribution >= 4 is 39.0 Å². The van der Waals surface area contributed by atoms with Crippen molar-refractivity contribution in [2.24, 2.45) is 5.92 Å². The van der Waals surface area contributed by atoms with Gasteiger partial charge < -0.3 is 15.4 Å². The minimum Gasteiger partial charge on any atom is -0.619 e. The molecule has 5 rings (SSSR count). The first kappa shape index (κ1) is 27.9. The number of likely N-dealkylation sites (tertiary alicyclic amines) is 1. The summed E-state index contributed by atoms with van der Waals surface area (Å²) < 4.78 is 28.1. The van der Waals surface area contributed by atoms with Crippen LogP contribution in [0.1, 0.15) is 36.4 Å². The zero-order valence-corrected chi connectivity index (χ0v) is 23.7. The molecule has 2 fully saturated rings. The third-order valence-electron chi connectivity index (χ3n) is 7.21. The highest BCUT2D eigenvalue weighted by Gasteiger charge is 2.54. The van der Waals surface area contributed by atoms with Crippen LogP contribution in [0.5, 0.6) is 0 Å². The summed E-state index contributed by atoms with van der Waals surface area (Å²) in [5.74, 6) is -1.09. The van der Waals surface area contributed by atoms with Crippen LogP contribution in [0, 0.1) is 11.1 Å². The Hall–Kier alpha value is -3.61. The molecule has 0 spiro atoms. The van der Waals surface area contributed by atoms with E-state index >= 15 is 0 Å². The number of nitrogens with zero attached hydrogens (tertiary/aromatic N) is 3. The monoisotopic (exact) mass is 582 g/mol. The maximum Gasteiger partial charge on any atom is 0.262 e. The van der Waals surface area contributed by atoms with Crippen LogP contribution in [0.15, 0.2) is 71.9 Å². The fourth-order valence-corrected chi connectivity index (χ4v) is 7.95. The average Bonchev–Trinajstić information content (AvgIpc) is 3.66. The van der Waals surface area contributed by atoms with Crippen molar-refractivity contribution in [3.05, 3.63) is 77.1 Å². The Morgan fingerprint density at radius 1 is 1.12 bits per heavy atom. The van der Waals surface area contributed by atoms with E-state index in [-0.39, 0.29) is 42.0 Å². The van der Waals surface area contributed by atoms with Gasteiger partial charge in [-0.2, -0.15) is 9.04 Å². The number of hydrogen-bond donors (Lipinski definition) is 1. The summed E-state index contributed by atoms with van der Waals surface area (Å²) in [5, 5.41) is 14.6. The topological polar surface area (TPSA) is 131 Å². The second-order valence-electron chi connectivity index (χ2n) is 10.4. The lowest BCUT2D eigenvalue weighted by Gasteiger charge is -2.29. The smallest absolute Gasteiger partial charge is 0.262 e. The van der Waals surface area contributed by atoms with Gasteiger partial charge >= 0.3 is 0 Å². The van der Waals surface area contributed by atoms with E-state index in [0.717, 1.165) is 20.9 Å². The molecule has 2 aromatic heterocycles. The normalized spacial score (nSPS) is 20.1. The number of benzene rings is 1. The van der Waals surface area contributed by atoms with E-state index in [1.165, 1.54) is 34.6 Å². The first-order chi connectivity index (χ1) is 19.1. The molecule has 1 N–H and O–H groups in total. The number of carbonyl (C=O) groups excluding carboxylic acids is 3. The van der Waals surface area contributed by atoms with Crippen LogP contribution < -0.4 is 10.0 Å². The number of thiophene rings is 1. The van der Waals surface area contributed by atoms with Crippen LogP contribution >= 0.6 is 11.3 Å². The number of amides is 2. The minimum absolute atomic E-state index is 0.0730. The van der Waals surface area contributed by atoms with Gasteiger partial charge in [-0.1, -0.05) is 44.2 Å². The molecule has 40 heavy (non-hydrogen) atoms. The van der Waals surface area contributed by atoms with E-state index < -0.39 is 34.1 Å². The molecule has 12 heteroatoms. The standard InChI is InChI=1S/C28H30N4O6S2/c1-18(2)15-21(29-27(34)25-11-10-24(39-25)19-7-4-3-5-8-19)28(35)31-14-12-22-26(31)23(33)17-32(22)40(37,38)20-9-6-13-30(36)16-20/h3-11,13,16,18,21-22,26H,12,14-15,17H2,1-2H3,(H,29,34). The second kappa shape index (κ2) is 11.1. The molecule has 0 radical (unpaired) electrons. The number of hydrogen-bond acceptors (Lipinski definition) is 7. The molecular weight excluding hydrogens is 552 g/mol. The van der Waals surface area contributed by atoms with Crippen LogP contribution in [0.4, 0.5) is 0 Å². The Bertz CT molecular complexity index is 1540. The van der Waals surface area contributed by atoms with Crippen molar-refractivity contribution in [1.82, 2.24) is 14.5 Å². The summed E-state index contributed by atoms with van der Waals surface area (Å²) in [7, 11) is -4.13. The highest BCUT2D eigenvalue weighted by Crippen LogP contribution is 2.34. The summed E-state index contributed by atoms with van der Waals surface area (Å²) in [4.78, 5) is 42.7. The molecule has 0 bridgehead atoms. The Morgan fingerprint density at radius 2 is 1.88 bits per heavy atom. The number of nitrogens with one attached hydrogen (secondary N) is 1. The van der Waals surface area contributed by atoms with Gasteiger partial charge in [0.2, 0.25) is 15.9 Å². The number of Topliss-reactive ketones (excluding diaryl/α,β-unsaturated/α-hetero) is 1. The maximum absolute atomic E-state index is 13.8. The van der Waals surface area contributed by atoms with Crippen molar-refractivity contribution in [1.29, 1.82) is 0 Å². The molecule has 210 valence electrons. The molecule has 2 saturated heterocycles. The Labute approximate surface area is 236 Å². The number of aromatic nitrogens is 1. The third-order valence-corrected chi connectivity index (χ3v) is 10.2. The van der Waals surface area contributed by atoms with Crippen LogP contribution in [0.3, 0.4) is 0 Å². The predicted octanol–water partition coefficient (Wildman–Crippen LogP) is 2.44. The Morgan fingerprint density at radius 3 is 2.58 bits per heavy atom. The Balaban J connectivity index is 1.34. The van der Waals surface area contributed by atoms with Gasteiger partial charge in [0, 0.05) is 17.5 Å². The van der Waals surface area contributed by atoms with Gasteiger partial charge in [0.1, 0.15) is 17.0 Å². The van der Waals surface area contributed by atoms with Crippen LogP contribution in [-0.4, -0.2) is 66.4 Å².